The van der Waals surface area contributed by atoms with Crippen molar-refractivity contribution in [2.24, 2.45) is 0 Å². The van der Waals surface area contributed by atoms with Gasteiger partial charge in [-0.1, -0.05) is 0 Å². The van der Waals surface area contributed by atoms with E-state index in [4.69, 9.17) is 5.11 Å². The monoisotopic (exact) mass is 288 g/mol. The molecule has 1 aromatic rings. The smallest absolute Gasteiger partial charge is 0.340 e. The number of aromatic amines is 1. The van der Waals surface area contributed by atoms with Crippen LogP contribution >= 0.6 is 0 Å². The van der Waals surface area contributed by atoms with E-state index < -0.39 is 21.0 Å². The van der Waals surface area contributed by atoms with E-state index in [2.05, 4.69) is 19.8 Å². The third-order valence-electron chi connectivity index (χ3n) is 3.03. The fourth-order valence-electron chi connectivity index (χ4n) is 1.76. The molecule has 106 valence electrons. The fraction of sp³-hybridized carbons (Fsp3) is 0.600. The molecule has 0 aromatic carbocycles. The van der Waals surface area contributed by atoms with Crippen LogP contribution in [0.1, 0.15) is 23.2 Å². The Morgan fingerprint density at radius 1 is 1.63 bits per heavy atom. The Kier molecular flexibility index (Phi) is 3.88. The van der Waals surface area contributed by atoms with Crippen LogP contribution in [0.25, 0.3) is 0 Å². The number of carbonyl (C=O) groups is 1. The SMILES string of the molecule is CN(CCNS(=O)(=O)c1[nH]ncc1C(=O)O)C1CC1. The van der Waals surface area contributed by atoms with E-state index in [1.54, 1.807) is 0 Å². The maximum absolute atomic E-state index is 11.9. The van der Waals surface area contributed by atoms with Gasteiger partial charge in [-0.25, -0.2) is 17.9 Å². The number of carboxylic acid groups (broad SMARTS) is 1. The van der Waals surface area contributed by atoms with E-state index in [0.717, 1.165) is 19.0 Å². The number of aromatic carboxylic acids is 1. The van der Waals surface area contributed by atoms with Crippen molar-refractivity contribution in [1.29, 1.82) is 0 Å². The Labute approximate surface area is 110 Å². The van der Waals surface area contributed by atoms with Crippen molar-refractivity contribution >= 4 is 16.0 Å². The quantitative estimate of drug-likeness (QED) is 0.622. The number of carboxylic acids is 1. The van der Waals surface area contributed by atoms with Crippen LogP contribution in [0.4, 0.5) is 0 Å². The lowest BCUT2D eigenvalue weighted by molar-refractivity contribution is 0.0692. The fourth-order valence-corrected chi connectivity index (χ4v) is 2.86. The summed E-state index contributed by atoms with van der Waals surface area (Å²) in [5.41, 5.74) is -0.358. The van der Waals surface area contributed by atoms with Crippen molar-refractivity contribution in [1.82, 2.24) is 19.8 Å². The maximum atomic E-state index is 11.9. The summed E-state index contributed by atoms with van der Waals surface area (Å²) in [6, 6.07) is 0.547. The van der Waals surface area contributed by atoms with Crippen LogP contribution < -0.4 is 4.72 Å². The van der Waals surface area contributed by atoms with Crippen LogP contribution in [0.15, 0.2) is 11.2 Å². The maximum Gasteiger partial charge on any atom is 0.340 e. The van der Waals surface area contributed by atoms with Crippen molar-refractivity contribution in [2.45, 2.75) is 23.9 Å². The van der Waals surface area contributed by atoms with Gasteiger partial charge in [-0.3, -0.25) is 5.10 Å². The Morgan fingerprint density at radius 2 is 2.32 bits per heavy atom. The van der Waals surface area contributed by atoms with E-state index in [1.165, 1.54) is 0 Å². The highest BCUT2D eigenvalue weighted by atomic mass is 32.2. The molecular weight excluding hydrogens is 272 g/mol. The van der Waals surface area contributed by atoms with Crippen LogP contribution in [-0.4, -0.2) is 60.8 Å². The van der Waals surface area contributed by atoms with Crippen LogP contribution in [0.5, 0.6) is 0 Å². The van der Waals surface area contributed by atoms with Gasteiger partial charge in [0.05, 0.1) is 6.20 Å². The van der Waals surface area contributed by atoms with Gasteiger partial charge in [-0.15, -0.1) is 0 Å². The Balaban J connectivity index is 1.97. The van der Waals surface area contributed by atoms with Crippen LogP contribution in [0.3, 0.4) is 0 Å². The first-order valence-electron chi connectivity index (χ1n) is 5.88. The average Bonchev–Trinajstić information content (AvgIpc) is 3.04. The summed E-state index contributed by atoms with van der Waals surface area (Å²) in [7, 11) is -1.93. The van der Waals surface area contributed by atoms with E-state index >= 15 is 0 Å². The third-order valence-corrected chi connectivity index (χ3v) is 4.46. The van der Waals surface area contributed by atoms with Crippen molar-refractivity contribution in [2.75, 3.05) is 20.1 Å². The Bertz CT molecular complexity index is 564. The average molecular weight is 288 g/mol. The zero-order valence-electron chi connectivity index (χ0n) is 10.5. The first-order valence-corrected chi connectivity index (χ1v) is 7.36. The number of H-pyrrole nitrogens is 1. The second-order valence-corrected chi connectivity index (χ2v) is 6.23. The van der Waals surface area contributed by atoms with Crippen molar-refractivity contribution in [3.8, 4) is 0 Å². The number of nitrogens with one attached hydrogen (secondary N) is 2. The molecule has 1 heterocycles. The number of sulfonamides is 1. The van der Waals surface area contributed by atoms with E-state index in [0.29, 0.717) is 12.6 Å². The second kappa shape index (κ2) is 5.27. The predicted molar refractivity (Wildman–Crippen MR) is 66.4 cm³/mol. The van der Waals surface area contributed by atoms with Crippen LogP contribution in [0, 0.1) is 0 Å². The summed E-state index contributed by atoms with van der Waals surface area (Å²) in [6.07, 6.45) is 3.27. The summed E-state index contributed by atoms with van der Waals surface area (Å²) < 4.78 is 26.2. The molecule has 1 aliphatic rings. The summed E-state index contributed by atoms with van der Waals surface area (Å²) >= 11 is 0. The van der Waals surface area contributed by atoms with Gasteiger partial charge >= 0.3 is 5.97 Å². The molecule has 1 saturated carbocycles. The van der Waals surface area contributed by atoms with Gasteiger partial charge in [0.25, 0.3) is 10.0 Å². The number of nitrogens with zero attached hydrogens (tertiary/aromatic N) is 2. The molecule has 1 fully saturated rings. The molecule has 9 heteroatoms. The molecule has 1 aromatic heterocycles. The molecule has 0 spiro atoms. The normalized spacial score (nSPS) is 15.9. The molecule has 0 unspecified atom stereocenters. The molecule has 0 amide bonds. The molecule has 3 N–H and O–H groups in total. The second-order valence-electron chi connectivity index (χ2n) is 4.53. The van der Waals surface area contributed by atoms with Gasteiger partial charge in [0.2, 0.25) is 0 Å². The molecule has 19 heavy (non-hydrogen) atoms. The summed E-state index contributed by atoms with van der Waals surface area (Å²) in [5, 5.41) is 14.1. The zero-order chi connectivity index (χ0) is 14.0. The molecule has 0 bridgehead atoms. The standard InChI is InChI=1S/C10H16N4O4S/c1-14(7-2-3-7)5-4-12-19(17,18)9-8(10(15)16)6-11-13-9/h6-7,12H,2-5H2,1H3,(H,11,13)(H,15,16). The Hall–Kier alpha value is -1.45. The molecule has 0 saturated heterocycles. The van der Waals surface area contributed by atoms with Gasteiger partial charge in [0, 0.05) is 19.1 Å². The van der Waals surface area contributed by atoms with Crippen molar-refractivity contribution < 1.29 is 18.3 Å². The predicted octanol–water partition coefficient (Wildman–Crippen LogP) is -0.520. The van der Waals surface area contributed by atoms with Gasteiger partial charge in [-0.05, 0) is 19.9 Å². The number of hydrogen-bond donors (Lipinski definition) is 3. The number of rotatable bonds is 7. The molecule has 0 aliphatic heterocycles. The van der Waals surface area contributed by atoms with Crippen molar-refractivity contribution in [3.05, 3.63) is 11.8 Å². The van der Waals surface area contributed by atoms with Gasteiger partial charge in [0.1, 0.15) is 5.56 Å². The van der Waals surface area contributed by atoms with Crippen LogP contribution in [0.2, 0.25) is 0 Å². The first-order chi connectivity index (χ1) is 8.92. The lowest BCUT2D eigenvalue weighted by Crippen LogP contribution is -2.34. The minimum absolute atomic E-state index is 0.230. The van der Waals surface area contributed by atoms with Crippen molar-refractivity contribution in [3.63, 3.8) is 0 Å². The summed E-state index contributed by atoms with van der Waals surface area (Å²) in [4.78, 5) is 12.9. The van der Waals surface area contributed by atoms with E-state index in [9.17, 15) is 13.2 Å². The number of aromatic nitrogens is 2. The molecular formula is C10H16N4O4S. The summed E-state index contributed by atoms with van der Waals surface area (Å²) in [6.45, 7) is 0.813. The minimum Gasteiger partial charge on any atom is -0.478 e. The van der Waals surface area contributed by atoms with Crippen LogP contribution in [-0.2, 0) is 10.0 Å². The molecule has 0 radical (unpaired) electrons. The Morgan fingerprint density at radius 3 is 2.89 bits per heavy atom. The molecule has 1 aliphatic carbocycles. The van der Waals surface area contributed by atoms with Gasteiger partial charge in [-0.2, -0.15) is 5.10 Å². The first kappa shape index (κ1) is 14.0. The lowest BCUT2D eigenvalue weighted by Gasteiger charge is -2.15. The zero-order valence-corrected chi connectivity index (χ0v) is 11.3. The van der Waals surface area contributed by atoms with E-state index in [-0.39, 0.29) is 12.1 Å². The van der Waals surface area contributed by atoms with E-state index in [1.807, 2.05) is 7.05 Å². The highest BCUT2D eigenvalue weighted by Crippen LogP contribution is 2.24. The van der Waals surface area contributed by atoms with Gasteiger partial charge < -0.3 is 10.0 Å². The highest BCUT2D eigenvalue weighted by molar-refractivity contribution is 7.89. The molecule has 0 atom stereocenters. The van der Waals surface area contributed by atoms with Gasteiger partial charge in [0.15, 0.2) is 5.03 Å². The highest BCUT2D eigenvalue weighted by Gasteiger charge is 2.27. The topological polar surface area (TPSA) is 115 Å². The number of hydrogen-bond acceptors (Lipinski definition) is 5. The summed E-state index contributed by atoms with van der Waals surface area (Å²) in [5.74, 6) is -1.33. The lowest BCUT2D eigenvalue weighted by atomic mass is 10.4. The molecule has 8 nitrogen and oxygen atoms in total. The largest absolute Gasteiger partial charge is 0.478 e. The molecule has 2 rings (SSSR count). The number of likely N-dealkylation sites (N-methyl/N-ethyl adjacent to an activating group) is 1. The third kappa shape index (κ3) is 3.31. The minimum atomic E-state index is -3.87.